The summed E-state index contributed by atoms with van der Waals surface area (Å²) in [7, 11) is 0. The van der Waals surface area contributed by atoms with Gasteiger partial charge in [-0.2, -0.15) is 13.2 Å². The molecular weight excluding hydrogens is 311 g/mol. The zero-order chi connectivity index (χ0) is 13.3. The highest BCUT2D eigenvalue weighted by atomic mass is 79.9. The summed E-state index contributed by atoms with van der Waals surface area (Å²) in [6.07, 6.45) is 0.348. The molecule has 3 nitrogen and oxygen atoms in total. The van der Waals surface area contributed by atoms with E-state index in [1.165, 1.54) is 23.2 Å². The van der Waals surface area contributed by atoms with Gasteiger partial charge in [-0.15, -0.1) is 0 Å². The molecule has 2 aromatic heterocycles. The van der Waals surface area contributed by atoms with Crippen LogP contribution in [0, 0.1) is 0 Å². The molecule has 0 saturated heterocycles. The zero-order valence-corrected chi connectivity index (χ0v) is 11.0. The predicted molar refractivity (Wildman–Crippen MR) is 63.4 cm³/mol. The molecule has 0 amide bonds. The van der Waals surface area contributed by atoms with E-state index >= 15 is 0 Å². The van der Waals surface area contributed by atoms with Gasteiger partial charge in [0.1, 0.15) is 11.6 Å². The van der Waals surface area contributed by atoms with Crippen LogP contribution in [0.25, 0.3) is 5.82 Å². The summed E-state index contributed by atoms with van der Waals surface area (Å²) < 4.78 is 40.5. The number of nitrogens with zero attached hydrogens (tertiary/aromatic N) is 3. The topological polar surface area (TPSA) is 30.7 Å². The van der Waals surface area contributed by atoms with Crippen molar-refractivity contribution >= 4 is 15.9 Å². The van der Waals surface area contributed by atoms with Gasteiger partial charge < -0.3 is 0 Å². The molecule has 0 aromatic carbocycles. The third-order valence-electron chi connectivity index (χ3n) is 2.40. The van der Waals surface area contributed by atoms with E-state index in [4.69, 9.17) is 0 Å². The molecule has 0 aliphatic rings. The van der Waals surface area contributed by atoms with Crippen LogP contribution in [0.15, 0.2) is 29.1 Å². The van der Waals surface area contributed by atoms with Gasteiger partial charge in [-0.25, -0.2) is 9.97 Å². The molecular formula is C11H9BrF3N3. The van der Waals surface area contributed by atoms with E-state index in [0.717, 1.165) is 6.07 Å². The fourth-order valence-corrected chi connectivity index (χ4v) is 1.95. The highest BCUT2D eigenvalue weighted by molar-refractivity contribution is 9.10. The van der Waals surface area contributed by atoms with Gasteiger partial charge in [0.05, 0.1) is 5.56 Å². The molecule has 0 N–H and O–H groups in total. The van der Waals surface area contributed by atoms with E-state index in [1.54, 1.807) is 0 Å². The number of imidazole rings is 1. The Morgan fingerprint density at radius 1 is 1.33 bits per heavy atom. The van der Waals surface area contributed by atoms with Gasteiger partial charge >= 0.3 is 6.18 Å². The van der Waals surface area contributed by atoms with Crippen molar-refractivity contribution in [2.45, 2.75) is 19.5 Å². The maximum atomic E-state index is 13.0. The van der Waals surface area contributed by atoms with Gasteiger partial charge in [-0.05, 0) is 22.0 Å². The van der Waals surface area contributed by atoms with E-state index < -0.39 is 11.7 Å². The first kappa shape index (κ1) is 13.1. The maximum Gasteiger partial charge on any atom is 0.420 e. The van der Waals surface area contributed by atoms with Crippen molar-refractivity contribution in [1.82, 2.24) is 14.5 Å². The summed E-state index contributed by atoms with van der Waals surface area (Å²) >= 11 is 3.00. The summed E-state index contributed by atoms with van der Waals surface area (Å²) in [5.74, 6) is 0.385. The molecule has 0 atom stereocenters. The standard InChI is InChI=1S/C11H9BrF3N3/c1-2-9-16-3-4-18(9)10-8(11(13,14)15)5-7(12)6-17-10/h3-6H,2H2,1H3. The number of hydrogen-bond donors (Lipinski definition) is 0. The number of halogens is 4. The van der Waals surface area contributed by atoms with Crippen molar-refractivity contribution in [3.05, 3.63) is 40.5 Å². The third-order valence-corrected chi connectivity index (χ3v) is 2.83. The minimum absolute atomic E-state index is 0.153. The number of aromatic nitrogens is 3. The second kappa shape index (κ2) is 4.72. The quantitative estimate of drug-likeness (QED) is 0.846. The van der Waals surface area contributed by atoms with Crippen molar-refractivity contribution in [1.29, 1.82) is 0 Å². The molecule has 2 aromatic rings. The van der Waals surface area contributed by atoms with Crippen LogP contribution in [-0.2, 0) is 12.6 Å². The molecule has 0 fully saturated rings. The van der Waals surface area contributed by atoms with Crippen LogP contribution in [0.2, 0.25) is 0 Å². The van der Waals surface area contributed by atoms with Crippen LogP contribution < -0.4 is 0 Å². The fourth-order valence-electron chi connectivity index (χ4n) is 1.62. The van der Waals surface area contributed by atoms with Crippen LogP contribution in [0.3, 0.4) is 0 Å². The Labute approximate surface area is 110 Å². The summed E-state index contributed by atoms with van der Waals surface area (Å²) in [5, 5.41) is 0. The first-order valence-corrected chi connectivity index (χ1v) is 5.98. The SMILES string of the molecule is CCc1nccn1-c1ncc(Br)cc1C(F)(F)F. The number of rotatable bonds is 2. The molecule has 0 aliphatic carbocycles. The van der Waals surface area contributed by atoms with Crippen LogP contribution in [0.4, 0.5) is 13.2 Å². The number of pyridine rings is 1. The van der Waals surface area contributed by atoms with E-state index in [0.29, 0.717) is 12.2 Å². The Bertz CT molecular complexity index is 563. The molecule has 0 radical (unpaired) electrons. The smallest absolute Gasteiger partial charge is 0.287 e. The lowest BCUT2D eigenvalue weighted by Gasteiger charge is -2.14. The lowest BCUT2D eigenvalue weighted by molar-refractivity contribution is -0.137. The lowest BCUT2D eigenvalue weighted by Crippen LogP contribution is -2.13. The van der Waals surface area contributed by atoms with Gasteiger partial charge in [0, 0.05) is 29.5 Å². The Morgan fingerprint density at radius 3 is 2.67 bits per heavy atom. The van der Waals surface area contributed by atoms with Crippen molar-refractivity contribution in [2.75, 3.05) is 0 Å². The molecule has 0 saturated carbocycles. The minimum Gasteiger partial charge on any atom is -0.287 e. The molecule has 96 valence electrons. The van der Waals surface area contributed by atoms with Crippen molar-refractivity contribution < 1.29 is 13.2 Å². The maximum absolute atomic E-state index is 13.0. The summed E-state index contributed by atoms with van der Waals surface area (Å²) in [4.78, 5) is 7.85. The second-order valence-electron chi connectivity index (χ2n) is 3.59. The Balaban J connectivity index is 2.65. The first-order valence-electron chi connectivity index (χ1n) is 5.18. The zero-order valence-electron chi connectivity index (χ0n) is 9.37. The highest BCUT2D eigenvalue weighted by Crippen LogP contribution is 2.34. The van der Waals surface area contributed by atoms with Crippen molar-refractivity contribution in [3.8, 4) is 5.82 Å². The average molecular weight is 320 g/mol. The fraction of sp³-hybridized carbons (Fsp3) is 0.273. The number of alkyl halides is 3. The Kier molecular flexibility index (Phi) is 3.43. The van der Waals surface area contributed by atoms with E-state index in [-0.39, 0.29) is 10.3 Å². The predicted octanol–water partition coefficient (Wildman–Crippen LogP) is 3.61. The molecule has 0 spiro atoms. The number of aryl methyl sites for hydroxylation is 1. The largest absolute Gasteiger partial charge is 0.420 e. The van der Waals surface area contributed by atoms with Crippen molar-refractivity contribution in [3.63, 3.8) is 0 Å². The second-order valence-corrected chi connectivity index (χ2v) is 4.51. The summed E-state index contributed by atoms with van der Waals surface area (Å²) in [6, 6.07) is 1.02. The van der Waals surface area contributed by atoms with Gasteiger partial charge in [-0.3, -0.25) is 4.57 Å². The van der Waals surface area contributed by atoms with Crippen LogP contribution in [-0.4, -0.2) is 14.5 Å². The highest BCUT2D eigenvalue weighted by Gasteiger charge is 2.35. The molecule has 0 unspecified atom stereocenters. The number of hydrogen-bond acceptors (Lipinski definition) is 2. The van der Waals surface area contributed by atoms with Gasteiger partial charge in [-0.1, -0.05) is 6.92 Å². The molecule has 18 heavy (non-hydrogen) atoms. The normalized spacial score (nSPS) is 11.8. The van der Waals surface area contributed by atoms with Crippen molar-refractivity contribution in [2.24, 2.45) is 0 Å². The van der Waals surface area contributed by atoms with Crippen LogP contribution in [0.1, 0.15) is 18.3 Å². The van der Waals surface area contributed by atoms with Gasteiger partial charge in [0.25, 0.3) is 0 Å². The summed E-state index contributed by atoms with van der Waals surface area (Å²) in [5.41, 5.74) is -0.787. The molecule has 7 heteroatoms. The van der Waals surface area contributed by atoms with E-state index in [1.807, 2.05) is 6.92 Å². The first-order chi connectivity index (χ1) is 8.43. The van der Waals surface area contributed by atoms with Gasteiger partial charge in [0.15, 0.2) is 0 Å². The van der Waals surface area contributed by atoms with E-state index in [9.17, 15) is 13.2 Å². The van der Waals surface area contributed by atoms with E-state index in [2.05, 4.69) is 25.9 Å². The molecule has 0 aliphatic heterocycles. The van der Waals surface area contributed by atoms with Crippen LogP contribution >= 0.6 is 15.9 Å². The minimum atomic E-state index is -4.46. The summed E-state index contributed by atoms with van der Waals surface area (Å²) in [6.45, 7) is 1.82. The monoisotopic (exact) mass is 319 g/mol. The lowest BCUT2D eigenvalue weighted by atomic mass is 10.2. The van der Waals surface area contributed by atoms with Gasteiger partial charge in [0.2, 0.25) is 0 Å². The Morgan fingerprint density at radius 2 is 2.06 bits per heavy atom. The Hall–Kier alpha value is -1.37. The molecule has 0 bridgehead atoms. The molecule has 2 rings (SSSR count). The average Bonchev–Trinajstić information content (AvgIpc) is 2.75. The van der Waals surface area contributed by atoms with Crippen LogP contribution in [0.5, 0.6) is 0 Å². The third kappa shape index (κ3) is 2.40. The molecule has 2 heterocycles.